The molecule has 3 nitrogen and oxygen atoms in total. The highest BCUT2D eigenvalue weighted by molar-refractivity contribution is 4.83. The summed E-state index contributed by atoms with van der Waals surface area (Å²) in [4.78, 5) is 2.19. The van der Waals surface area contributed by atoms with Crippen molar-refractivity contribution in [3.63, 3.8) is 0 Å². The van der Waals surface area contributed by atoms with Crippen molar-refractivity contribution in [2.45, 2.75) is 46.8 Å². The molecule has 0 spiro atoms. The molecule has 0 amide bonds. The minimum absolute atomic E-state index is 0.222. The molecule has 0 radical (unpaired) electrons. The monoisotopic (exact) mass is 216 g/mol. The Morgan fingerprint density at radius 2 is 1.87 bits per heavy atom. The maximum absolute atomic E-state index is 9.30. The van der Waals surface area contributed by atoms with E-state index in [0.717, 1.165) is 19.6 Å². The maximum atomic E-state index is 9.30. The van der Waals surface area contributed by atoms with Gasteiger partial charge in [-0.2, -0.15) is 0 Å². The van der Waals surface area contributed by atoms with E-state index >= 15 is 0 Å². The summed E-state index contributed by atoms with van der Waals surface area (Å²) in [5.41, 5.74) is 0.222. The fourth-order valence-corrected chi connectivity index (χ4v) is 1.93. The van der Waals surface area contributed by atoms with Crippen LogP contribution in [0.15, 0.2) is 0 Å². The summed E-state index contributed by atoms with van der Waals surface area (Å²) in [5, 5.41) is 12.8. The Morgan fingerprint density at radius 3 is 2.27 bits per heavy atom. The molecular formula is C12H28N2O. The highest BCUT2D eigenvalue weighted by Gasteiger charge is 2.26. The summed E-state index contributed by atoms with van der Waals surface area (Å²) < 4.78 is 0. The van der Waals surface area contributed by atoms with E-state index in [9.17, 15) is 5.11 Å². The van der Waals surface area contributed by atoms with E-state index < -0.39 is 0 Å². The van der Waals surface area contributed by atoms with Crippen molar-refractivity contribution in [3.05, 3.63) is 0 Å². The molecule has 0 bridgehead atoms. The number of aliphatic hydroxyl groups excluding tert-OH is 1. The predicted molar refractivity (Wildman–Crippen MR) is 66.1 cm³/mol. The van der Waals surface area contributed by atoms with Crippen molar-refractivity contribution in [2.24, 2.45) is 5.41 Å². The van der Waals surface area contributed by atoms with Gasteiger partial charge in [0, 0.05) is 19.1 Å². The molecular weight excluding hydrogens is 188 g/mol. The first-order valence-corrected chi connectivity index (χ1v) is 5.89. The van der Waals surface area contributed by atoms with Crippen LogP contribution in [0.5, 0.6) is 0 Å². The lowest BCUT2D eigenvalue weighted by molar-refractivity contribution is 0.104. The van der Waals surface area contributed by atoms with Gasteiger partial charge in [-0.3, -0.25) is 0 Å². The van der Waals surface area contributed by atoms with Crippen molar-refractivity contribution in [3.8, 4) is 0 Å². The van der Waals surface area contributed by atoms with Crippen molar-refractivity contribution >= 4 is 0 Å². The number of hydrogen-bond donors (Lipinski definition) is 2. The second kappa shape index (κ2) is 6.46. The molecule has 0 aromatic heterocycles. The van der Waals surface area contributed by atoms with Gasteiger partial charge in [0.15, 0.2) is 0 Å². The molecule has 0 aromatic carbocycles. The van der Waals surface area contributed by atoms with Gasteiger partial charge >= 0.3 is 0 Å². The third-order valence-electron chi connectivity index (χ3n) is 2.94. The quantitative estimate of drug-likeness (QED) is 0.674. The third-order valence-corrected chi connectivity index (χ3v) is 2.94. The minimum Gasteiger partial charge on any atom is -0.392 e. The number of hydrogen-bond acceptors (Lipinski definition) is 3. The molecule has 0 aromatic rings. The van der Waals surface area contributed by atoms with Crippen LogP contribution in [-0.4, -0.2) is 48.8 Å². The minimum atomic E-state index is -0.250. The fraction of sp³-hybridized carbons (Fsp3) is 1.00. The predicted octanol–water partition coefficient (Wildman–Crippen LogP) is 1.32. The van der Waals surface area contributed by atoms with Gasteiger partial charge in [0.05, 0.1) is 6.10 Å². The summed E-state index contributed by atoms with van der Waals surface area (Å²) >= 11 is 0. The van der Waals surface area contributed by atoms with Crippen molar-refractivity contribution in [1.82, 2.24) is 10.2 Å². The van der Waals surface area contributed by atoms with Crippen molar-refractivity contribution in [1.29, 1.82) is 0 Å². The van der Waals surface area contributed by atoms with Crippen LogP contribution in [-0.2, 0) is 0 Å². The first-order chi connectivity index (χ1) is 6.79. The van der Waals surface area contributed by atoms with Crippen molar-refractivity contribution < 1.29 is 5.11 Å². The maximum Gasteiger partial charge on any atom is 0.0638 e. The van der Waals surface area contributed by atoms with E-state index in [0.29, 0.717) is 6.04 Å². The Kier molecular flexibility index (Phi) is 6.41. The zero-order chi connectivity index (χ0) is 12.1. The van der Waals surface area contributed by atoms with Gasteiger partial charge < -0.3 is 15.3 Å². The number of rotatable bonds is 7. The van der Waals surface area contributed by atoms with Gasteiger partial charge in [0.1, 0.15) is 0 Å². The molecule has 0 saturated carbocycles. The zero-order valence-corrected chi connectivity index (χ0v) is 11.2. The molecule has 2 atom stereocenters. The molecule has 0 aliphatic heterocycles. The Morgan fingerprint density at radius 1 is 1.33 bits per heavy atom. The van der Waals surface area contributed by atoms with E-state index in [1.807, 2.05) is 6.92 Å². The van der Waals surface area contributed by atoms with Crippen LogP contribution in [0.2, 0.25) is 0 Å². The summed E-state index contributed by atoms with van der Waals surface area (Å²) in [6, 6.07) is 0.485. The molecule has 0 aliphatic carbocycles. The molecule has 2 N–H and O–H groups in total. The lowest BCUT2D eigenvalue weighted by Gasteiger charge is -2.36. The highest BCUT2D eigenvalue weighted by Crippen LogP contribution is 2.21. The Hall–Kier alpha value is -0.120. The van der Waals surface area contributed by atoms with Crippen LogP contribution in [0.3, 0.4) is 0 Å². The van der Waals surface area contributed by atoms with Gasteiger partial charge in [0.2, 0.25) is 0 Å². The third kappa shape index (κ3) is 6.13. The second-order valence-corrected chi connectivity index (χ2v) is 5.31. The summed E-state index contributed by atoms with van der Waals surface area (Å²) in [5.74, 6) is 0. The highest BCUT2D eigenvalue weighted by atomic mass is 16.3. The molecule has 0 rings (SSSR count). The summed E-state index contributed by atoms with van der Waals surface area (Å²) in [7, 11) is 2.06. The summed E-state index contributed by atoms with van der Waals surface area (Å²) in [6.45, 7) is 13.4. The van der Waals surface area contributed by atoms with Crippen LogP contribution >= 0.6 is 0 Å². The van der Waals surface area contributed by atoms with Gasteiger partial charge in [0.25, 0.3) is 0 Å². The Bertz CT molecular complexity index is 169. The standard InChI is InChI=1S/C12H28N2O/c1-7-13-11(3)12(4,5)9-14(6)8-10(2)15/h10-11,13,15H,7-9H2,1-6H3. The molecule has 2 unspecified atom stereocenters. The fourth-order valence-electron chi connectivity index (χ4n) is 1.93. The van der Waals surface area contributed by atoms with E-state index in [2.05, 4.69) is 45.0 Å². The topological polar surface area (TPSA) is 35.5 Å². The van der Waals surface area contributed by atoms with Crippen LogP contribution in [0.1, 0.15) is 34.6 Å². The molecule has 0 aliphatic rings. The number of nitrogens with zero attached hydrogens (tertiary/aromatic N) is 1. The number of aliphatic hydroxyl groups is 1. The van der Waals surface area contributed by atoms with Gasteiger partial charge in [-0.25, -0.2) is 0 Å². The van der Waals surface area contributed by atoms with Crippen LogP contribution in [0.25, 0.3) is 0 Å². The van der Waals surface area contributed by atoms with Crippen LogP contribution in [0, 0.1) is 5.41 Å². The van der Waals surface area contributed by atoms with Gasteiger partial charge in [-0.15, -0.1) is 0 Å². The Labute approximate surface area is 94.9 Å². The largest absolute Gasteiger partial charge is 0.392 e. The zero-order valence-electron chi connectivity index (χ0n) is 11.2. The smallest absolute Gasteiger partial charge is 0.0638 e. The first kappa shape index (κ1) is 14.9. The van der Waals surface area contributed by atoms with E-state index in [4.69, 9.17) is 0 Å². The second-order valence-electron chi connectivity index (χ2n) is 5.31. The number of likely N-dealkylation sites (N-methyl/N-ethyl adjacent to an activating group) is 1. The van der Waals surface area contributed by atoms with Gasteiger partial charge in [-0.05, 0) is 32.9 Å². The van der Waals surface area contributed by atoms with E-state index in [-0.39, 0.29) is 11.5 Å². The lowest BCUT2D eigenvalue weighted by atomic mass is 9.84. The molecule has 92 valence electrons. The van der Waals surface area contributed by atoms with Crippen molar-refractivity contribution in [2.75, 3.05) is 26.7 Å². The first-order valence-electron chi connectivity index (χ1n) is 5.89. The molecule has 0 saturated heterocycles. The SMILES string of the molecule is CCNC(C)C(C)(C)CN(C)CC(C)O. The van der Waals surface area contributed by atoms with Gasteiger partial charge in [-0.1, -0.05) is 20.8 Å². The number of nitrogens with one attached hydrogen (secondary N) is 1. The van der Waals surface area contributed by atoms with E-state index in [1.165, 1.54) is 0 Å². The summed E-state index contributed by atoms with van der Waals surface area (Å²) in [6.07, 6.45) is -0.250. The molecule has 15 heavy (non-hydrogen) atoms. The molecule has 3 heteroatoms. The van der Waals surface area contributed by atoms with Crippen LogP contribution < -0.4 is 5.32 Å². The Balaban J connectivity index is 4.11. The normalized spacial score (nSPS) is 16.8. The molecule has 0 fully saturated rings. The lowest BCUT2D eigenvalue weighted by Crippen LogP contribution is -2.46. The van der Waals surface area contributed by atoms with E-state index in [1.54, 1.807) is 0 Å². The average Bonchev–Trinajstić information content (AvgIpc) is 2.01. The van der Waals surface area contributed by atoms with Crippen LogP contribution in [0.4, 0.5) is 0 Å². The molecule has 0 heterocycles. The average molecular weight is 216 g/mol.